The lowest BCUT2D eigenvalue weighted by atomic mass is 9.95. The van der Waals surface area contributed by atoms with Crippen LogP contribution in [0.15, 0.2) is 18.2 Å². The van der Waals surface area contributed by atoms with Gasteiger partial charge in [-0.3, -0.25) is 4.79 Å². The molecule has 1 aromatic rings. The van der Waals surface area contributed by atoms with Gasteiger partial charge in [0, 0.05) is 12.1 Å². The second kappa shape index (κ2) is 6.66. The number of anilines is 1. The molecule has 0 radical (unpaired) electrons. The van der Waals surface area contributed by atoms with Crippen LogP contribution in [-0.2, 0) is 4.79 Å². The number of hydrogen-bond donors (Lipinski definition) is 2. The summed E-state index contributed by atoms with van der Waals surface area (Å²) in [6.45, 7) is 0.0107. The normalized spacial score (nSPS) is 16.1. The molecule has 3 N–H and O–H groups in total. The number of carbonyl (C=O) groups is 1. The van der Waals surface area contributed by atoms with E-state index in [1.54, 1.807) is 18.2 Å². The van der Waals surface area contributed by atoms with E-state index in [0.717, 1.165) is 12.8 Å². The van der Waals surface area contributed by atoms with E-state index < -0.39 is 0 Å². The van der Waals surface area contributed by atoms with Crippen molar-refractivity contribution in [3.8, 4) is 5.75 Å². The van der Waals surface area contributed by atoms with Crippen LogP contribution in [0.25, 0.3) is 0 Å². The number of hydrogen-bond acceptors (Lipinski definition) is 3. The van der Waals surface area contributed by atoms with Crippen molar-refractivity contribution in [3.05, 3.63) is 23.2 Å². The molecule has 1 aliphatic rings. The van der Waals surface area contributed by atoms with E-state index in [2.05, 4.69) is 5.32 Å². The molecule has 0 aliphatic heterocycles. The van der Waals surface area contributed by atoms with Gasteiger partial charge in [-0.15, -0.1) is 0 Å². The van der Waals surface area contributed by atoms with Gasteiger partial charge in [-0.2, -0.15) is 0 Å². The predicted molar refractivity (Wildman–Crippen MR) is 76.4 cm³/mol. The second-order valence-corrected chi connectivity index (χ2v) is 5.28. The summed E-state index contributed by atoms with van der Waals surface area (Å²) in [6.07, 6.45) is 5.80. The third-order valence-corrected chi connectivity index (χ3v) is 3.64. The zero-order valence-electron chi connectivity index (χ0n) is 10.8. The fourth-order valence-corrected chi connectivity index (χ4v) is 2.43. The van der Waals surface area contributed by atoms with Gasteiger partial charge in [0.2, 0.25) is 0 Å². The highest BCUT2D eigenvalue weighted by atomic mass is 35.5. The summed E-state index contributed by atoms with van der Waals surface area (Å²) in [5, 5.41) is 3.43. The van der Waals surface area contributed by atoms with Gasteiger partial charge in [-0.05, 0) is 25.0 Å². The minimum Gasteiger partial charge on any atom is -0.484 e. The first kappa shape index (κ1) is 14.0. The maximum absolute atomic E-state index is 11.7. The van der Waals surface area contributed by atoms with Gasteiger partial charge >= 0.3 is 0 Å². The minimum atomic E-state index is -0.0835. The molecule has 1 amide bonds. The highest BCUT2D eigenvalue weighted by Crippen LogP contribution is 2.24. The van der Waals surface area contributed by atoms with Crippen LogP contribution in [0.2, 0.25) is 5.02 Å². The summed E-state index contributed by atoms with van der Waals surface area (Å²) in [6, 6.07) is 5.29. The van der Waals surface area contributed by atoms with Crippen LogP contribution >= 0.6 is 11.6 Å². The average molecular weight is 283 g/mol. The van der Waals surface area contributed by atoms with Crippen molar-refractivity contribution in [3.63, 3.8) is 0 Å². The molecular formula is C14H19ClN2O2. The van der Waals surface area contributed by atoms with Gasteiger partial charge in [0.05, 0.1) is 10.7 Å². The Morgan fingerprint density at radius 3 is 2.79 bits per heavy atom. The van der Waals surface area contributed by atoms with E-state index in [1.165, 1.54) is 19.3 Å². The first-order chi connectivity index (χ1) is 9.15. The lowest BCUT2D eigenvalue weighted by Gasteiger charge is -2.22. The number of benzene rings is 1. The summed E-state index contributed by atoms with van der Waals surface area (Å²) < 4.78 is 5.39. The molecule has 0 aromatic heterocycles. The van der Waals surface area contributed by atoms with Crippen molar-refractivity contribution in [2.75, 3.05) is 12.3 Å². The topological polar surface area (TPSA) is 64.3 Å². The van der Waals surface area contributed by atoms with E-state index in [9.17, 15) is 4.79 Å². The highest BCUT2D eigenvalue weighted by Gasteiger charge is 2.15. The number of carbonyl (C=O) groups excluding carboxylic acids is 1. The molecule has 19 heavy (non-hydrogen) atoms. The monoisotopic (exact) mass is 282 g/mol. The summed E-state index contributed by atoms with van der Waals surface area (Å²) in [5.41, 5.74) is 6.10. The van der Waals surface area contributed by atoms with Crippen LogP contribution in [0.1, 0.15) is 32.1 Å². The standard InChI is InChI=1S/C14H19ClN2O2/c15-12-8-11(6-7-13(12)16)19-9-14(18)17-10-4-2-1-3-5-10/h6-8,10H,1-5,9,16H2,(H,17,18). The molecule has 0 heterocycles. The van der Waals surface area contributed by atoms with E-state index in [-0.39, 0.29) is 12.5 Å². The number of amides is 1. The van der Waals surface area contributed by atoms with Crippen molar-refractivity contribution >= 4 is 23.2 Å². The number of rotatable bonds is 4. The maximum Gasteiger partial charge on any atom is 0.258 e. The quantitative estimate of drug-likeness (QED) is 0.835. The molecule has 5 heteroatoms. The average Bonchev–Trinajstić information content (AvgIpc) is 2.41. The van der Waals surface area contributed by atoms with Crippen molar-refractivity contribution < 1.29 is 9.53 Å². The third-order valence-electron chi connectivity index (χ3n) is 3.31. The maximum atomic E-state index is 11.7. The fraction of sp³-hybridized carbons (Fsp3) is 0.500. The molecule has 1 aliphatic carbocycles. The second-order valence-electron chi connectivity index (χ2n) is 4.87. The van der Waals surface area contributed by atoms with Crippen molar-refractivity contribution in [1.29, 1.82) is 0 Å². The summed E-state index contributed by atoms with van der Waals surface area (Å²) in [5.74, 6) is 0.470. The van der Waals surface area contributed by atoms with Gasteiger partial charge in [0.1, 0.15) is 5.75 Å². The number of halogens is 1. The first-order valence-electron chi connectivity index (χ1n) is 6.62. The highest BCUT2D eigenvalue weighted by molar-refractivity contribution is 6.33. The molecule has 2 rings (SSSR count). The zero-order valence-corrected chi connectivity index (χ0v) is 11.6. The molecule has 4 nitrogen and oxygen atoms in total. The van der Waals surface area contributed by atoms with E-state index in [1.807, 2.05) is 0 Å². The molecule has 0 unspecified atom stereocenters. The summed E-state index contributed by atoms with van der Waals surface area (Å²) in [7, 11) is 0. The van der Waals surface area contributed by atoms with Crippen LogP contribution in [0, 0.1) is 0 Å². The third kappa shape index (κ3) is 4.31. The Balaban J connectivity index is 1.77. The molecule has 104 valence electrons. The van der Waals surface area contributed by atoms with Gasteiger partial charge in [0.25, 0.3) is 5.91 Å². The van der Waals surface area contributed by atoms with Gasteiger partial charge in [-0.1, -0.05) is 30.9 Å². The molecule has 1 saturated carbocycles. The Bertz CT molecular complexity index is 445. The zero-order chi connectivity index (χ0) is 13.7. The SMILES string of the molecule is Nc1ccc(OCC(=O)NC2CCCCC2)cc1Cl. The molecule has 0 spiro atoms. The predicted octanol–water partition coefficient (Wildman–Crippen LogP) is 2.75. The summed E-state index contributed by atoms with van der Waals surface area (Å²) in [4.78, 5) is 11.7. The minimum absolute atomic E-state index is 0.0107. The van der Waals surface area contributed by atoms with Crippen LogP contribution in [0.4, 0.5) is 5.69 Å². The number of nitrogen functional groups attached to an aromatic ring is 1. The molecular weight excluding hydrogens is 264 g/mol. The Morgan fingerprint density at radius 1 is 1.37 bits per heavy atom. The van der Waals surface area contributed by atoms with Gasteiger partial charge < -0.3 is 15.8 Å². The van der Waals surface area contributed by atoms with Crippen molar-refractivity contribution in [1.82, 2.24) is 5.32 Å². The van der Waals surface area contributed by atoms with Crippen molar-refractivity contribution in [2.45, 2.75) is 38.1 Å². The van der Waals surface area contributed by atoms with Crippen LogP contribution in [0.5, 0.6) is 5.75 Å². The molecule has 1 aromatic carbocycles. The van der Waals surface area contributed by atoms with Crippen molar-refractivity contribution in [2.24, 2.45) is 0 Å². The molecule has 0 bridgehead atoms. The van der Waals surface area contributed by atoms with E-state index >= 15 is 0 Å². The summed E-state index contributed by atoms with van der Waals surface area (Å²) >= 11 is 5.88. The number of nitrogens with one attached hydrogen (secondary N) is 1. The van der Waals surface area contributed by atoms with Gasteiger partial charge in [-0.25, -0.2) is 0 Å². The van der Waals surface area contributed by atoms with Crippen LogP contribution < -0.4 is 15.8 Å². The Labute approximate surface area is 118 Å². The van der Waals surface area contributed by atoms with E-state index in [4.69, 9.17) is 22.1 Å². The Morgan fingerprint density at radius 2 is 2.11 bits per heavy atom. The molecule has 0 atom stereocenters. The van der Waals surface area contributed by atoms with Crippen LogP contribution in [-0.4, -0.2) is 18.6 Å². The molecule has 0 saturated heterocycles. The Hall–Kier alpha value is -1.42. The fourth-order valence-electron chi connectivity index (χ4n) is 2.26. The lowest BCUT2D eigenvalue weighted by molar-refractivity contribution is -0.124. The molecule has 1 fully saturated rings. The Kier molecular flexibility index (Phi) is 4.91. The smallest absolute Gasteiger partial charge is 0.258 e. The number of ether oxygens (including phenoxy) is 1. The largest absolute Gasteiger partial charge is 0.484 e. The van der Waals surface area contributed by atoms with Gasteiger partial charge in [0.15, 0.2) is 6.61 Å². The van der Waals surface area contributed by atoms with Crippen LogP contribution in [0.3, 0.4) is 0 Å². The lowest BCUT2D eigenvalue weighted by Crippen LogP contribution is -2.38. The van der Waals surface area contributed by atoms with E-state index in [0.29, 0.717) is 22.5 Å². The number of nitrogens with two attached hydrogens (primary N) is 1. The first-order valence-corrected chi connectivity index (χ1v) is 7.00.